The second-order valence-corrected chi connectivity index (χ2v) is 5.88. The number of likely N-dealkylation sites (N-methyl/N-ethyl adjacent to an activating group) is 1. The van der Waals surface area contributed by atoms with E-state index in [-0.39, 0.29) is 5.91 Å². The number of benzene rings is 2. The summed E-state index contributed by atoms with van der Waals surface area (Å²) in [5.74, 6) is 0.666. The topological polar surface area (TPSA) is 41.6 Å². The molecule has 4 nitrogen and oxygen atoms in total. The van der Waals surface area contributed by atoms with E-state index in [2.05, 4.69) is 22.3 Å². The van der Waals surface area contributed by atoms with Crippen molar-refractivity contribution in [1.29, 1.82) is 0 Å². The van der Waals surface area contributed by atoms with Crippen molar-refractivity contribution in [1.82, 2.24) is 5.32 Å². The van der Waals surface area contributed by atoms with E-state index in [0.29, 0.717) is 13.0 Å². The summed E-state index contributed by atoms with van der Waals surface area (Å²) >= 11 is 0. The van der Waals surface area contributed by atoms with Gasteiger partial charge in [-0.1, -0.05) is 37.3 Å². The van der Waals surface area contributed by atoms with Crippen molar-refractivity contribution in [2.24, 2.45) is 0 Å². The number of nitrogens with zero attached hydrogens (tertiary/aromatic N) is 1. The fraction of sp³-hybridized carbons (Fsp3) is 0.350. The standard InChI is InChI=1S/C20H26N2O2/c1-4-19(24-18-12-8-9-16(2)15-18)20(23)21-13-14-22(3)17-10-6-5-7-11-17/h5-12,15,19H,4,13-14H2,1-3H3,(H,21,23). The number of carbonyl (C=O) groups is 1. The Bertz CT molecular complexity index is 643. The smallest absolute Gasteiger partial charge is 0.261 e. The number of anilines is 1. The summed E-state index contributed by atoms with van der Waals surface area (Å²) in [7, 11) is 2.02. The van der Waals surface area contributed by atoms with Crippen LogP contribution in [0.15, 0.2) is 54.6 Å². The maximum Gasteiger partial charge on any atom is 0.261 e. The molecule has 0 bridgehead atoms. The Labute approximate surface area is 144 Å². The Hall–Kier alpha value is -2.49. The molecule has 4 heteroatoms. The lowest BCUT2D eigenvalue weighted by molar-refractivity contribution is -0.128. The molecule has 0 aliphatic heterocycles. The molecule has 1 unspecified atom stereocenters. The van der Waals surface area contributed by atoms with Gasteiger partial charge in [0.15, 0.2) is 6.10 Å². The van der Waals surface area contributed by atoms with Crippen LogP contribution in [0.2, 0.25) is 0 Å². The van der Waals surface area contributed by atoms with E-state index in [1.165, 1.54) is 0 Å². The molecular formula is C20H26N2O2. The zero-order valence-electron chi connectivity index (χ0n) is 14.7. The predicted molar refractivity (Wildman–Crippen MR) is 98.6 cm³/mol. The molecule has 0 aromatic heterocycles. The van der Waals surface area contributed by atoms with Crippen molar-refractivity contribution >= 4 is 11.6 Å². The summed E-state index contributed by atoms with van der Waals surface area (Å²) in [5, 5.41) is 2.96. The number of aryl methyl sites for hydroxylation is 1. The van der Waals surface area contributed by atoms with Crippen molar-refractivity contribution in [3.8, 4) is 5.75 Å². The SMILES string of the molecule is CCC(Oc1cccc(C)c1)C(=O)NCCN(C)c1ccccc1. The van der Waals surface area contributed by atoms with Crippen LogP contribution in [0.4, 0.5) is 5.69 Å². The molecule has 0 spiro atoms. The molecule has 0 radical (unpaired) electrons. The van der Waals surface area contributed by atoms with E-state index in [9.17, 15) is 4.79 Å². The van der Waals surface area contributed by atoms with Crippen LogP contribution in [0.5, 0.6) is 5.75 Å². The van der Waals surface area contributed by atoms with Gasteiger partial charge >= 0.3 is 0 Å². The minimum atomic E-state index is -0.464. The second kappa shape index (κ2) is 8.96. The van der Waals surface area contributed by atoms with E-state index in [1.807, 2.05) is 63.4 Å². The molecule has 0 heterocycles. The fourth-order valence-electron chi connectivity index (χ4n) is 2.45. The van der Waals surface area contributed by atoms with Crippen molar-refractivity contribution in [2.75, 3.05) is 25.0 Å². The van der Waals surface area contributed by atoms with Crippen LogP contribution < -0.4 is 15.0 Å². The molecule has 1 N–H and O–H groups in total. The van der Waals surface area contributed by atoms with Crippen molar-refractivity contribution in [3.63, 3.8) is 0 Å². The van der Waals surface area contributed by atoms with Crippen LogP contribution in [0.3, 0.4) is 0 Å². The number of nitrogens with one attached hydrogen (secondary N) is 1. The highest BCUT2D eigenvalue weighted by Gasteiger charge is 2.18. The Morgan fingerprint density at radius 3 is 2.58 bits per heavy atom. The Kier molecular flexibility index (Phi) is 6.67. The van der Waals surface area contributed by atoms with E-state index in [4.69, 9.17) is 4.74 Å². The molecule has 24 heavy (non-hydrogen) atoms. The first-order chi connectivity index (χ1) is 11.6. The first-order valence-electron chi connectivity index (χ1n) is 8.37. The molecule has 0 saturated carbocycles. The molecular weight excluding hydrogens is 300 g/mol. The van der Waals surface area contributed by atoms with Gasteiger partial charge in [0.1, 0.15) is 5.75 Å². The molecule has 0 aliphatic rings. The highest BCUT2D eigenvalue weighted by atomic mass is 16.5. The van der Waals surface area contributed by atoms with E-state index >= 15 is 0 Å². The number of hydrogen-bond donors (Lipinski definition) is 1. The fourth-order valence-corrected chi connectivity index (χ4v) is 2.45. The molecule has 2 aromatic carbocycles. The zero-order valence-corrected chi connectivity index (χ0v) is 14.7. The highest BCUT2D eigenvalue weighted by Crippen LogP contribution is 2.15. The number of para-hydroxylation sites is 1. The van der Waals surface area contributed by atoms with Gasteiger partial charge in [0.2, 0.25) is 0 Å². The van der Waals surface area contributed by atoms with Gasteiger partial charge in [-0.25, -0.2) is 0 Å². The van der Waals surface area contributed by atoms with Crippen molar-refractivity contribution < 1.29 is 9.53 Å². The quantitative estimate of drug-likeness (QED) is 0.808. The lowest BCUT2D eigenvalue weighted by Crippen LogP contribution is -2.41. The van der Waals surface area contributed by atoms with Crippen LogP contribution >= 0.6 is 0 Å². The Balaban J connectivity index is 1.81. The van der Waals surface area contributed by atoms with Crippen LogP contribution in [0.1, 0.15) is 18.9 Å². The summed E-state index contributed by atoms with van der Waals surface area (Å²) < 4.78 is 5.82. The summed E-state index contributed by atoms with van der Waals surface area (Å²) in [6.45, 7) is 5.29. The summed E-state index contributed by atoms with van der Waals surface area (Å²) in [5.41, 5.74) is 2.25. The maximum atomic E-state index is 12.3. The molecule has 1 amide bonds. The molecule has 0 fully saturated rings. The molecule has 2 rings (SSSR count). The van der Waals surface area contributed by atoms with Crippen LogP contribution in [-0.2, 0) is 4.79 Å². The second-order valence-electron chi connectivity index (χ2n) is 5.88. The van der Waals surface area contributed by atoms with E-state index in [0.717, 1.165) is 23.5 Å². The summed E-state index contributed by atoms with van der Waals surface area (Å²) in [6, 6.07) is 17.9. The molecule has 2 aromatic rings. The van der Waals surface area contributed by atoms with Crippen LogP contribution in [-0.4, -0.2) is 32.1 Å². The monoisotopic (exact) mass is 326 g/mol. The molecule has 128 valence electrons. The van der Waals surface area contributed by atoms with Gasteiger partial charge in [-0.2, -0.15) is 0 Å². The third-order valence-corrected chi connectivity index (χ3v) is 3.87. The Morgan fingerprint density at radius 1 is 1.17 bits per heavy atom. The largest absolute Gasteiger partial charge is 0.481 e. The third-order valence-electron chi connectivity index (χ3n) is 3.87. The molecule has 0 aliphatic carbocycles. The molecule has 1 atom stereocenters. The third kappa shape index (κ3) is 5.30. The van der Waals surface area contributed by atoms with Crippen LogP contribution in [0.25, 0.3) is 0 Å². The average Bonchev–Trinajstić information content (AvgIpc) is 2.60. The zero-order chi connectivity index (χ0) is 17.4. The number of hydrogen-bond acceptors (Lipinski definition) is 3. The number of ether oxygens (including phenoxy) is 1. The molecule has 0 saturated heterocycles. The first kappa shape index (κ1) is 17.9. The number of amides is 1. The van der Waals surface area contributed by atoms with Gasteiger partial charge in [-0.15, -0.1) is 0 Å². The van der Waals surface area contributed by atoms with Gasteiger partial charge in [0.25, 0.3) is 5.91 Å². The minimum absolute atomic E-state index is 0.0690. The normalized spacial score (nSPS) is 11.6. The Morgan fingerprint density at radius 2 is 1.92 bits per heavy atom. The lowest BCUT2D eigenvalue weighted by atomic mass is 10.2. The highest BCUT2D eigenvalue weighted by molar-refractivity contribution is 5.81. The van der Waals surface area contributed by atoms with E-state index < -0.39 is 6.10 Å². The van der Waals surface area contributed by atoms with Gasteiger partial charge in [-0.05, 0) is 43.2 Å². The van der Waals surface area contributed by atoms with Crippen molar-refractivity contribution in [2.45, 2.75) is 26.4 Å². The van der Waals surface area contributed by atoms with E-state index in [1.54, 1.807) is 0 Å². The van der Waals surface area contributed by atoms with Gasteiger partial charge in [0, 0.05) is 25.8 Å². The summed E-state index contributed by atoms with van der Waals surface area (Å²) in [6.07, 6.45) is 0.169. The predicted octanol–water partition coefficient (Wildman–Crippen LogP) is 3.41. The van der Waals surface area contributed by atoms with Gasteiger partial charge in [-0.3, -0.25) is 4.79 Å². The van der Waals surface area contributed by atoms with Gasteiger partial charge < -0.3 is 15.0 Å². The average molecular weight is 326 g/mol. The van der Waals surface area contributed by atoms with Gasteiger partial charge in [0.05, 0.1) is 0 Å². The van der Waals surface area contributed by atoms with Crippen LogP contribution in [0, 0.1) is 6.92 Å². The number of rotatable bonds is 8. The maximum absolute atomic E-state index is 12.3. The summed E-state index contributed by atoms with van der Waals surface area (Å²) in [4.78, 5) is 14.4. The number of carbonyl (C=O) groups excluding carboxylic acids is 1. The lowest BCUT2D eigenvalue weighted by Gasteiger charge is -2.21. The van der Waals surface area contributed by atoms with Crippen molar-refractivity contribution in [3.05, 3.63) is 60.2 Å². The minimum Gasteiger partial charge on any atom is -0.481 e. The first-order valence-corrected chi connectivity index (χ1v) is 8.37.